The van der Waals surface area contributed by atoms with Crippen LogP contribution in [0.3, 0.4) is 0 Å². The van der Waals surface area contributed by atoms with Crippen LogP contribution in [0.25, 0.3) is 0 Å². The summed E-state index contributed by atoms with van der Waals surface area (Å²) in [7, 11) is 0. The van der Waals surface area contributed by atoms with E-state index in [1.807, 2.05) is 6.92 Å². The van der Waals surface area contributed by atoms with Gasteiger partial charge in [-0.3, -0.25) is 4.79 Å². The van der Waals surface area contributed by atoms with E-state index in [9.17, 15) is 4.79 Å². The highest BCUT2D eigenvalue weighted by molar-refractivity contribution is 8.00. The number of rotatable bonds is 6. The van der Waals surface area contributed by atoms with Gasteiger partial charge in [0.2, 0.25) is 0 Å². The summed E-state index contributed by atoms with van der Waals surface area (Å²) in [5.41, 5.74) is 0.500. The highest BCUT2D eigenvalue weighted by Crippen LogP contribution is 2.32. The molecule has 0 saturated carbocycles. The van der Waals surface area contributed by atoms with Gasteiger partial charge >= 0.3 is 0 Å². The van der Waals surface area contributed by atoms with Gasteiger partial charge in [-0.15, -0.1) is 11.3 Å². The Hall–Kier alpha value is 0.260. The Morgan fingerprint density at radius 1 is 1.62 bits per heavy atom. The monoisotopic (exact) mass is 298 g/mol. The first-order chi connectivity index (χ1) is 7.54. The molecular formula is C10H12Cl2O2S2. The van der Waals surface area contributed by atoms with Crippen LogP contribution < -0.4 is 0 Å². The molecule has 90 valence electrons. The molecular weight excluding hydrogens is 287 g/mol. The van der Waals surface area contributed by atoms with Crippen molar-refractivity contribution in [3.05, 3.63) is 20.3 Å². The third kappa shape index (κ3) is 4.26. The van der Waals surface area contributed by atoms with Gasteiger partial charge in [-0.25, -0.2) is 0 Å². The molecule has 0 spiro atoms. The van der Waals surface area contributed by atoms with Crippen molar-refractivity contribution in [2.24, 2.45) is 0 Å². The second-order valence-corrected chi connectivity index (χ2v) is 7.01. The van der Waals surface area contributed by atoms with Crippen molar-refractivity contribution < 1.29 is 9.90 Å². The maximum Gasteiger partial charge on any atom is 0.175 e. The first-order valence-electron chi connectivity index (χ1n) is 4.75. The number of thioether (sulfide) groups is 1. The number of thiophene rings is 1. The molecule has 1 aromatic heterocycles. The number of Topliss-reactive ketones (excluding diaryl/α,β-unsaturated/α-hetero) is 1. The van der Waals surface area contributed by atoms with Crippen LogP contribution in [0.1, 0.15) is 23.7 Å². The first kappa shape index (κ1) is 14.3. The highest BCUT2D eigenvalue weighted by atomic mass is 35.5. The van der Waals surface area contributed by atoms with Crippen molar-refractivity contribution in [2.45, 2.75) is 18.6 Å². The van der Waals surface area contributed by atoms with Crippen molar-refractivity contribution in [1.82, 2.24) is 0 Å². The summed E-state index contributed by atoms with van der Waals surface area (Å²) in [5, 5.41) is 9.00. The van der Waals surface area contributed by atoms with Crippen molar-refractivity contribution >= 4 is 52.1 Å². The number of aliphatic hydroxyl groups excluding tert-OH is 1. The number of ketones is 1. The van der Waals surface area contributed by atoms with Gasteiger partial charge < -0.3 is 5.11 Å². The molecule has 1 heterocycles. The van der Waals surface area contributed by atoms with Crippen molar-refractivity contribution in [3.63, 3.8) is 0 Å². The fraction of sp³-hybridized carbons (Fsp3) is 0.500. The summed E-state index contributed by atoms with van der Waals surface area (Å²) < 4.78 is 0.979. The minimum absolute atomic E-state index is 0.0112. The van der Waals surface area contributed by atoms with E-state index in [0.29, 0.717) is 26.4 Å². The summed E-state index contributed by atoms with van der Waals surface area (Å²) in [6.45, 7) is 2.13. The van der Waals surface area contributed by atoms with Gasteiger partial charge in [0.05, 0.1) is 10.1 Å². The van der Waals surface area contributed by atoms with E-state index >= 15 is 0 Å². The van der Waals surface area contributed by atoms with Gasteiger partial charge in [0.1, 0.15) is 4.34 Å². The molecule has 2 nitrogen and oxygen atoms in total. The van der Waals surface area contributed by atoms with E-state index in [0.717, 1.165) is 0 Å². The summed E-state index contributed by atoms with van der Waals surface area (Å²) >= 11 is 14.4. The molecule has 0 saturated heterocycles. The predicted molar refractivity (Wildman–Crippen MR) is 72.3 cm³/mol. The molecule has 0 aliphatic carbocycles. The van der Waals surface area contributed by atoms with Crippen LogP contribution in [0.2, 0.25) is 8.67 Å². The molecule has 0 aliphatic rings. The molecule has 0 fully saturated rings. The summed E-state index contributed by atoms with van der Waals surface area (Å²) in [6, 6.07) is 1.61. The zero-order valence-electron chi connectivity index (χ0n) is 8.70. The van der Waals surface area contributed by atoms with Gasteiger partial charge in [-0.1, -0.05) is 30.1 Å². The lowest BCUT2D eigenvalue weighted by molar-refractivity contribution is 0.102. The molecule has 0 aliphatic heterocycles. The molecule has 6 heteroatoms. The standard InChI is InChI=1S/C10H12Cl2O2S2/c1-6(2-3-13)15-5-8(14)7-4-9(11)16-10(7)12/h4,6,13H,2-3,5H2,1H3. The SMILES string of the molecule is CC(CCO)SCC(=O)c1cc(Cl)sc1Cl. The Morgan fingerprint density at radius 3 is 2.81 bits per heavy atom. The number of aliphatic hydroxyl groups is 1. The number of halogens is 2. The van der Waals surface area contributed by atoms with Crippen LogP contribution in [-0.2, 0) is 0 Å². The Labute approximate surface area is 113 Å². The number of carbonyl (C=O) groups excluding carboxylic acids is 1. The van der Waals surface area contributed by atoms with E-state index in [4.69, 9.17) is 28.3 Å². The molecule has 0 amide bonds. The summed E-state index contributed by atoms with van der Waals surface area (Å²) in [6.07, 6.45) is 0.691. The van der Waals surface area contributed by atoms with Crippen LogP contribution in [0, 0.1) is 0 Å². The summed E-state index contributed by atoms with van der Waals surface area (Å²) in [4.78, 5) is 11.8. The van der Waals surface area contributed by atoms with Crippen LogP contribution in [-0.4, -0.2) is 28.5 Å². The third-order valence-electron chi connectivity index (χ3n) is 1.99. The average Bonchev–Trinajstić information content (AvgIpc) is 2.55. The summed E-state index contributed by atoms with van der Waals surface area (Å²) in [5.74, 6) is 0.358. The molecule has 0 radical (unpaired) electrons. The topological polar surface area (TPSA) is 37.3 Å². The third-order valence-corrected chi connectivity index (χ3v) is 4.71. The second-order valence-electron chi connectivity index (χ2n) is 3.29. The fourth-order valence-electron chi connectivity index (χ4n) is 1.09. The quantitative estimate of drug-likeness (QED) is 0.813. The molecule has 0 bridgehead atoms. The zero-order valence-corrected chi connectivity index (χ0v) is 11.8. The largest absolute Gasteiger partial charge is 0.396 e. The lowest BCUT2D eigenvalue weighted by atomic mass is 10.2. The van der Waals surface area contributed by atoms with Gasteiger partial charge in [0, 0.05) is 17.4 Å². The first-order valence-corrected chi connectivity index (χ1v) is 7.37. The second kappa shape index (κ2) is 6.87. The van der Waals surface area contributed by atoms with Crippen molar-refractivity contribution in [3.8, 4) is 0 Å². The minimum atomic E-state index is -0.0112. The Kier molecular flexibility index (Phi) is 6.15. The molecule has 1 aromatic rings. The van der Waals surface area contributed by atoms with Gasteiger partial charge in [0.15, 0.2) is 5.78 Å². The molecule has 16 heavy (non-hydrogen) atoms. The number of carbonyl (C=O) groups is 1. The van der Waals surface area contributed by atoms with Gasteiger partial charge in [-0.05, 0) is 12.5 Å². The van der Waals surface area contributed by atoms with E-state index in [-0.39, 0.29) is 17.6 Å². The molecule has 0 aromatic carbocycles. The molecule has 1 N–H and O–H groups in total. The van der Waals surface area contributed by atoms with Gasteiger partial charge in [0.25, 0.3) is 0 Å². The van der Waals surface area contributed by atoms with Crippen LogP contribution in [0.15, 0.2) is 6.07 Å². The predicted octanol–water partition coefficient (Wildman–Crippen LogP) is 3.74. The minimum Gasteiger partial charge on any atom is -0.396 e. The van der Waals surface area contributed by atoms with Crippen molar-refractivity contribution in [1.29, 1.82) is 0 Å². The van der Waals surface area contributed by atoms with E-state index < -0.39 is 0 Å². The van der Waals surface area contributed by atoms with Crippen LogP contribution in [0.4, 0.5) is 0 Å². The smallest absolute Gasteiger partial charge is 0.175 e. The average molecular weight is 299 g/mol. The Balaban J connectivity index is 2.50. The van der Waals surface area contributed by atoms with Crippen molar-refractivity contribution in [2.75, 3.05) is 12.4 Å². The Bertz CT molecular complexity index is 366. The number of hydrogen-bond acceptors (Lipinski definition) is 4. The fourth-order valence-corrected chi connectivity index (χ4v) is 3.45. The number of hydrogen-bond donors (Lipinski definition) is 1. The lowest BCUT2D eigenvalue weighted by Crippen LogP contribution is -2.07. The van der Waals surface area contributed by atoms with Crippen LogP contribution >= 0.6 is 46.3 Å². The van der Waals surface area contributed by atoms with Crippen LogP contribution in [0.5, 0.6) is 0 Å². The maximum absolute atomic E-state index is 11.8. The molecule has 1 atom stereocenters. The van der Waals surface area contributed by atoms with Gasteiger partial charge in [-0.2, -0.15) is 11.8 Å². The highest BCUT2D eigenvalue weighted by Gasteiger charge is 2.15. The maximum atomic E-state index is 11.8. The normalized spacial score (nSPS) is 12.8. The molecule has 1 rings (SSSR count). The Morgan fingerprint density at radius 2 is 2.31 bits per heavy atom. The van der Waals surface area contributed by atoms with E-state index in [2.05, 4.69) is 0 Å². The van der Waals surface area contributed by atoms with E-state index in [1.54, 1.807) is 6.07 Å². The lowest BCUT2D eigenvalue weighted by Gasteiger charge is -2.07. The zero-order chi connectivity index (χ0) is 12.1. The molecule has 1 unspecified atom stereocenters. The van der Waals surface area contributed by atoms with E-state index in [1.165, 1.54) is 23.1 Å².